The van der Waals surface area contributed by atoms with Gasteiger partial charge in [-0.1, -0.05) is 41.9 Å². The largest absolute Gasteiger partial charge is 0.393 e. The van der Waals surface area contributed by atoms with Crippen LogP contribution in [0.15, 0.2) is 28.7 Å². The molecule has 0 heterocycles. The summed E-state index contributed by atoms with van der Waals surface area (Å²) in [6, 6.07) is 8.36. The molecule has 1 rings (SSSR count). The molecule has 0 aliphatic carbocycles. The number of hydrogen-bond acceptors (Lipinski definition) is 1. The second-order valence-corrected chi connectivity index (χ2v) is 5.25. The van der Waals surface area contributed by atoms with E-state index in [1.54, 1.807) is 0 Å². The van der Waals surface area contributed by atoms with Crippen LogP contribution in [0.1, 0.15) is 32.3 Å². The predicted octanol–water partition coefficient (Wildman–Crippen LogP) is 3.79. The maximum atomic E-state index is 9.65. The van der Waals surface area contributed by atoms with Crippen LogP contribution in [0.2, 0.25) is 0 Å². The minimum atomic E-state index is -0.155. The van der Waals surface area contributed by atoms with Crippen LogP contribution in [0.4, 0.5) is 0 Å². The maximum absolute atomic E-state index is 9.65. The number of halogens is 1. The highest BCUT2D eigenvalue weighted by Crippen LogP contribution is 2.15. The van der Waals surface area contributed by atoms with Gasteiger partial charge in [-0.25, -0.2) is 0 Å². The van der Waals surface area contributed by atoms with Crippen molar-refractivity contribution in [2.45, 2.75) is 39.2 Å². The molecule has 0 spiro atoms. The Bertz CT molecular complexity index is 296. The molecule has 0 saturated carbocycles. The summed E-state index contributed by atoms with van der Waals surface area (Å²) in [4.78, 5) is 0. The average Bonchev–Trinajstić information content (AvgIpc) is 2.17. The molecule has 2 heteroatoms. The molecule has 1 nitrogen and oxygen atoms in total. The first kappa shape index (κ1) is 12.7. The van der Waals surface area contributed by atoms with Gasteiger partial charge in [-0.05, 0) is 42.9 Å². The van der Waals surface area contributed by atoms with Crippen LogP contribution >= 0.6 is 15.9 Å². The van der Waals surface area contributed by atoms with Crippen molar-refractivity contribution in [3.63, 3.8) is 0 Å². The van der Waals surface area contributed by atoms with Gasteiger partial charge >= 0.3 is 0 Å². The van der Waals surface area contributed by atoms with Gasteiger partial charge in [0.05, 0.1) is 6.10 Å². The Morgan fingerprint density at radius 3 is 2.67 bits per heavy atom. The normalized spacial score (nSPS) is 13.1. The van der Waals surface area contributed by atoms with E-state index in [1.807, 2.05) is 6.07 Å². The van der Waals surface area contributed by atoms with Crippen LogP contribution in [0.5, 0.6) is 0 Å². The molecule has 1 atom stereocenters. The maximum Gasteiger partial charge on any atom is 0.0563 e. The first-order valence-corrected chi connectivity index (χ1v) is 6.31. The standard InChI is InChI=1S/C13H19BrO/c1-10(2)13(15)8-4-6-11-5-3-7-12(14)9-11/h3,5,7,9-10,13,15H,4,6,8H2,1-2H3. The van der Waals surface area contributed by atoms with E-state index < -0.39 is 0 Å². The zero-order chi connectivity index (χ0) is 11.3. The fourth-order valence-corrected chi connectivity index (χ4v) is 1.99. The summed E-state index contributed by atoms with van der Waals surface area (Å²) < 4.78 is 1.13. The molecule has 0 bridgehead atoms. The molecule has 1 unspecified atom stereocenters. The molecule has 1 aromatic carbocycles. The van der Waals surface area contributed by atoms with Crippen molar-refractivity contribution in [1.29, 1.82) is 0 Å². The van der Waals surface area contributed by atoms with Crippen molar-refractivity contribution in [2.24, 2.45) is 5.92 Å². The molecule has 0 amide bonds. The lowest BCUT2D eigenvalue weighted by molar-refractivity contribution is 0.114. The van der Waals surface area contributed by atoms with Crippen LogP contribution in [0, 0.1) is 5.92 Å². The van der Waals surface area contributed by atoms with Gasteiger partial charge in [-0.2, -0.15) is 0 Å². The Labute approximate surface area is 101 Å². The fourth-order valence-electron chi connectivity index (χ4n) is 1.54. The molecule has 15 heavy (non-hydrogen) atoms. The van der Waals surface area contributed by atoms with Crippen molar-refractivity contribution in [3.05, 3.63) is 34.3 Å². The zero-order valence-electron chi connectivity index (χ0n) is 9.41. The second kappa shape index (κ2) is 6.29. The summed E-state index contributed by atoms with van der Waals surface area (Å²) in [5.41, 5.74) is 1.33. The summed E-state index contributed by atoms with van der Waals surface area (Å²) in [5, 5.41) is 9.65. The zero-order valence-corrected chi connectivity index (χ0v) is 11.0. The summed E-state index contributed by atoms with van der Waals surface area (Å²) >= 11 is 3.46. The lowest BCUT2D eigenvalue weighted by atomic mass is 9.99. The van der Waals surface area contributed by atoms with E-state index >= 15 is 0 Å². The first-order chi connectivity index (χ1) is 7.09. The third kappa shape index (κ3) is 4.80. The van der Waals surface area contributed by atoms with E-state index in [4.69, 9.17) is 0 Å². The van der Waals surface area contributed by atoms with Crippen LogP contribution in [0.3, 0.4) is 0 Å². The third-order valence-corrected chi connectivity index (χ3v) is 3.12. The Hall–Kier alpha value is -0.340. The molecule has 0 fully saturated rings. The molecule has 0 radical (unpaired) electrons. The monoisotopic (exact) mass is 270 g/mol. The van der Waals surface area contributed by atoms with Crippen molar-refractivity contribution >= 4 is 15.9 Å². The minimum Gasteiger partial charge on any atom is -0.393 e. The molecular formula is C13H19BrO. The van der Waals surface area contributed by atoms with Crippen LogP contribution in [0.25, 0.3) is 0 Å². The summed E-state index contributed by atoms with van der Waals surface area (Å²) in [6.45, 7) is 4.12. The molecule has 0 aromatic heterocycles. The van der Waals surface area contributed by atoms with Gasteiger partial charge in [0.25, 0.3) is 0 Å². The van der Waals surface area contributed by atoms with E-state index in [-0.39, 0.29) is 6.10 Å². The Kier molecular flexibility index (Phi) is 5.34. The highest BCUT2D eigenvalue weighted by molar-refractivity contribution is 9.10. The summed E-state index contributed by atoms with van der Waals surface area (Å²) in [5.74, 6) is 0.368. The Morgan fingerprint density at radius 1 is 1.33 bits per heavy atom. The fraction of sp³-hybridized carbons (Fsp3) is 0.538. The topological polar surface area (TPSA) is 20.2 Å². The van der Waals surface area contributed by atoms with E-state index in [0.29, 0.717) is 5.92 Å². The number of aliphatic hydroxyl groups is 1. The average molecular weight is 271 g/mol. The van der Waals surface area contributed by atoms with Gasteiger partial charge in [-0.3, -0.25) is 0 Å². The van der Waals surface area contributed by atoms with Gasteiger partial charge in [0, 0.05) is 4.47 Å². The number of aryl methyl sites for hydroxylation is 1. The van der Waals surface area contributed by atoms with Crippen LogP contribution in [-0.4, -0.2) is 11.2 Å². The second-order valence-electron chi connectivity index (χ2n) is 4.33. The highest BCUT2D eigenvalue weighted by atomic mass is 79.9. The molecule has 0 aliphatic rings. The number of hydrogen-bond donors (Lipinski definition) is 1. The number of benzene rings is 1. The van der Waals surface area contributed by atoms with Gasteiger partial charge < -0.3 is 5.11 Å². The summed E-state index contributed by atoms with van der Waals surface area (Å²) in [6.07, 6.45) is 2.83. The molecule has 84 valence electrons. The molecule has 0 aliphatic heterocycles. The predicted molar refractivity (Wildman–Crippen MR) is 67.9 cm³/mol. The van der Waals surface area contributed by atoms with Gasteiger partial charge in [-0.15, -0.1) is 0 Å². The van der Waals surface area contributed by atoms with E-state index in [0.717, 1.165) is 23.7 Å². The molecular weight excluding hydrogens is 252 g/mol. The number of aliphatic hydroxyl groups excluding tert-OH is 1. The first-order valence-electron chi connectivity index (χ1n) is 5.52. The summed E-state index contributed by atoms with van der Waals surface area (Å²) in [7, 11) is 0. The highest BCUT2D eigenvalue weighted by Gasteiger charge is 2.08. The van der Waals surface area contributed by atoms with Gasteiger partial charge in [0.2, 0.25) is 0 Å². The SMILES string of the molecule is CC(C)C(O)CCCc1cccc(Br)c1. The van der Waals surface area contributed by atoms with Crippen molar-refractivity contribution in [2.75, 3.05) is 0 Å². The quantitative estimate of drug-likeness (QED) is 0.863. The smallest absolute Gasteiger partial charge is 0.0563 e. The van der Waals surface area contributed by atoms with Gasteiger partial charge in [0.1, 0.15) is 0 Å². The van der Waals surface area contributed by atoms with Crippen LogP contribution in [-0.2, 0) is 6.42 Å². The van der Waals surface area contributed by atoms with Gasteiger partial charge in [0.15, 0.2) is 0 Å². The third-order valence-electron chi connectivity index (χ3n) is 2.62. The van der Waals surface area contributed by atoms with E-state index in [2.05, 4.69) is 48.0 Å². The lowest BCUT2D eigenvalue weighted by Crippen LogP contribution is -2.14. The Balaban J connectivity index is 2.32. The Morgan fingerprint density at radius 2 is 2.07 bits per heavy atom. The molecule has 1 N–H and O–H groups in total. The van der Waals surface area contributed by atoms with Crippen molar-refractivity contribution < 1.29 is 5.11 Å². The van der Waals surface area contributed by atoms with Crippen molar-refractivity contribution in [1.82, 2.24) is 0 Å². The van der Waals surface area contributed by atoms with Crippen molar-refractivity contribution in [3.8, 4) is 0 Å². The van der Waals surface area contributed by atoms with E-state index in [9.17, 15) is 5.11 Å². The van der Waals surface area contributed by atoms with E-state index in [1.165, 1.54) is 5.56 Å². The lowest BCUT2D eigenvalue weighted by Gasteiger charge is -2.13. The molecule has 0 saturated heterocycles. The van der Waals surface area contributed by atoms with Crippen LogP contribution < -0.4 is 0 Å². The molecule has 1 aromatic rings. The number of rotatable bonds is 5. The minimum absolute atomic E-state index is 0.155.